The Morgan fingerprint density at radius 1 is 1.69 bits per heavy atom. The molecule has 0 spiro atoms. The van der Waals surface area contributed by atoms with Crippen molar-refractivity contribution in [1.82, 2.24) is 0 Å². The number of halogens is 2. The van der Waals surface area contributed by atoms with Crippen LogP contribution in [0.15, 0.2) is 27.8 Å². The van der Waals surface area contributed by atoms with Crippen LogP contribution in [0.1, 0.15) is 6.92 Å². The average Bonchev–Trinajstić information content (AvgIpc) is 2.26. The first-order valence-electron chi connectivity index (χ1n) is 4.60. The van der Waals surface area contributed by atoms with E-state index in [-0.39, 0.29) is 11.8 Å². The third-order valence-corrected chi connectivity index (χ3v) is 2.79. The van der Waals surface area contributed by atoms with Gasteiger partial charge in [-0.05, 0) is 18.2 Å². The van der Waals surface area contributed by atoms with Crippen molar-refractivity contribution in [3.8, 4) is 5.75 Å². The van der Waals surface area contributed by atoms with Crippen LogP contribution in [-0.4, -0.2) is 17.6 Å². The Labute approximate surface area is 107 Å². The van der Waals surface area contributed by atoms with Crippen LogP contribution in [0.2, 0.25) is 5.02 Å². The maximum absolute atomic E-state index is 8.47. The summed E-state index contributed by atoms with van der Waals surface area (Å²) in [4.78, 5) is 0. The number of benzene rings is 1. The Hall–Kier alpha value is -0.940. The largest absolute Gasteiger partial charge is 0.491 e. The number of nitrogens with two attached hydrogens (primary N) is 1. The first-order valence-corrected chi connectivity index (χ1v) is 5.77. The van der Waals surface area contributed by atoms with Gasteiger partial charge in [-0.1, -0.05) is 39.6 Å². The van der Waals surface area contributed by atoms with E-state index in [9.17, 15) is 0 Å². The van der Waals surface area contributed by atoms with E-state index in [1.54, 1.807) is 19.1 Å². The maximum atomic E-state index is 8.47. The molecule has 16 heavy (non-hydrogen) atoms. The Bertz CT molecular complexity index is 398. The summed E-state index contributed by atoms with van der Waals surface area (Å²) in [5, 5.41) is 11.9. The van der Waals surface area contributed by atoms with Crippen molar-refractivity contribution in [1.29, 1.82) is 0 Å². The highest BCUT2D eigenvalue weighted by Crippen LogP contribution is 2.27. The second kappa shape index (κ2) is 5.96. The van der Waals surface area contributed by atoms with Crippen molar-refractivity contribution in [2.45, 2.75) is 6.92 Å². The van der Waals surface area contributed by atoms with Gasteiger partial charge < -0.3 is 15.7 Å². The highest BCUT2D eigenvalue weighted by molar-refractivity contribution is 9.10. The summed E-state index contributed by atoms with van der Waals surface area (Å²) in [6, 6.07) is 5.33. The number of nitrogens with zero attached hydrogens (tertiary/aromatic N) is 1. The Balaban J connectivity index is 2.61. The number of rotatable bonds is 4. The average molecular weight is 308 g/mol. The molecule has 0 radical (unpaired) electrons. The molecule has 3 N–H and O–H groups in total. The van der Waals surface area contributed by atoms with Gasteiger partial charge in [0.25, 0.3) is 0 Å². The maximum Gasteiger partial charge on any atom is 0.145 e. The van der Waals surface area contributed by atoms with E-state index in [0.29, 0.717) is 17.4 Å². The number of ether oxygens (including phenoxy) is 1. The minimum absolute atomic E-state index is 0.133. The third-order valence-electron chi connectivity index (χ3n) is 2.00. The van der Waals surface area contributed by atoms with E-state index in [4.69, 9.17) is 27.3 Å². The smallest absolute Gasteiger partial charge is 0.145 e. The zero-order chi connectivity index (χ0) is 12.1. The van der Waals surface area contributed by atoms with Gasteiger partial charge in [0, 0.05) is 4.47 Å². The summed E-state index contributed by atoms with van der Waals surface area (Å²) < 4.78 is 6.34. The second-order valence-corrected chi connectivity index (χ2v) is 4.63. The molecule has 0 saturated heterocycles. The van der Waals surface area contributed by atoms with Crippen LogP contribution in [0, 0.1) is 5.92 Å². The molecular formula is C10H12BrClN2O2. The SMILES string of the molecule is CC(COc1ccc(Br)cc1Cl)/C(N)=N/O. The Morgan fingerprint density at radius 3 is 2.94 bits per heavy atom. The summed E-state index contributed by atoms with van der Waals surface area (Å²) in [6.45, 7) is 2.10. The molecule has 1 atom stereocenters. The normalized spacial score (nSPS) is 13.6. The van der Waals surface area contributed by atoms with E-state index in [2.05, 4.69) is 21.1 Å². The van der Waals surface area contributed by atoms with Crippen LogP contribution in [0.3, 0.4) is 0 Å². The van der Waals surface area contributed by atoms with Crippen LogP contribution in [0.4, 0.5) is 0 Å². The van der Waals surface area contributed by atoms with E-state index < -0.39 is 0 Å². The predicted molar refractivity (Wildman–Crippen MR) is 67.2 cm³/mol. The predicted octanol–water partition coefficient (Wildman–Crippen LogP) is 2.86. The van der Waals surface area contributed by atoms with Crippen molar-refractivity contribution in [2.24, 2.45) is 16.8 Å². The summed E-state index contributed by atoms with van der Waals surface area (Å²) >= 11 is 9.26. The molecule has 1 aromatic carbocycles. The number of hydrogen-bond acceptors (Lipinski definition) is 3. The molecule has 0 aliphatic heterocycles. The molecule has 0 aliphatic rings. The first-order chi connectivity index (χ1) is 7.54. The quantitative estimate of drug-likeness (QED) is 0.389. The summed E-state index contributed by atoms with van der Waals surface area (Å²) in [7, 11) is 0. The number of hydrogen-bond donors (Lipinski definition) is 2. The lowest BCUT2D eigenvalue weighted by Gasteiger charge is -2.12. The van der Waals surface area contributed by atoms with Crippen molar-refractivity contribution in [3.63, 3.8) is 0 Å². The standard InChI is InChI=1S/C10H12BrClN2O2/c1-6(10(13)14-15)5-16-9-3-2-7(11)4-8(9)12/h2-4,6,15H,5H2,1H3,(H2,13,14). The van der Waals surface area contributed by atoms with E-state index in [1.165, 1.54) is 0 Å². The highest BCUT2D eigenvalue weighted by atomic mass is 79.9. The molecule has 0 heterocycles. The summed E-state index contributed by atoms with van der Waals surface area (Å²) in [5.41, 5.74) is 5.42. The monoisotopic (exact) mass is 306 g/mol. The lowest BCUT2D eigenvalue weighted by Crippen LogP contribution is -2.26. The molecule has 0 bridgehead atoms. The van der Waals surface area contributed by atoms with Crippen LogP contribution < -0.4 is 10.5 Å². The van der Waals surface area contributed by atoms with Crippen molar-refractivity contribution >= 4 is 33.4 Å². The van der Waals surface area contributed by atoms with Gasteiger partial charge >= 0.3 is 0 Å². The van der Waals surface area contributed by atoms with Crippen molar-refractivity contribution in [2.75, 3.05) is 6.61 Å². The van der Waals surface area contributed by atoms with Crippen molar-refractivity contribution < 1.29 is 9.94 Å². The van der Waals surface area contributed by atoms with Crippen LogP contribution in [-0.2, 0) is 0 Å². The van der Waals surface area contributed by atoms with Gasteiger partial charge in [0.05, 0.1) is 17.5 Å². The summed E-state index contributed by atoms with van der Waals surface area (Å²) in [5.74, 6) is 0.528. The van der Waals surface area contributed by atoms with Gasteiger partial charge in [-0.2, -0.15) is 0 Å². The zero-order valence-electron chi connectivity index (χ0n) is 8.65. The van der Waals surface area contributed by atoms with Crippen molar-refractivity contribution in [3.05, 3.63) is 27.7 Å². The van der Waals surface area contributed by atoms with E-state index >= 15 is 0 Å². The zero-order valence-corrected chi connectivity index (χ0v) is 11.0. The molecule has 1 rings (SSSR count). The van der Waals surface area contributed by atoms with Gasteiger partial charge in [0.15, 0.2) is 0 Å². The fraction of sp³-hybridized carbons (Fsp3) is 0.300. The van der Waals surface area contributed by atoms with Gasteiger partial charge in [-0.3, -0.25) is 0 Å². The molecule has 0 aliphatic carbocycles. The highest BCUT2D eigenvalue weighted by Gasteiger charge is 2.10. The van der Waals surface area contributed by atoms with Crippen LogP contribution >= 0.6 is 27.5 Å². The lowest BCUT2D eigenvalue weighted by molar-refractivity contribution is 0.279. The molecule has 0 fully saturated rings. The fourth-order valence-electron chi connectivity index (χ4n) is 0.991. The fourth-order valence-corrected chi connectivity index (χ4v) is 1.72. The lowest BCUT2D eigenvalue weighted by atomic mass is 10.2. The molecule has 1 aromatic rings. The van der Waals surface area contributed by atoms with Crippen LogP contribution in [0.5, 0.6) is 5.75 Å². The minimum Gasteiger partial charge on any atom is -0.491 e. The number of amidine groups is 1. The molecule has 88 valence electrons. The van der Waals surface area contributed by atoms with Gasteiger partial charge in [-0.25, -0.2) is 0 Å². The summed E-state index contributed by atoms with van der Waals surface area (Å²) in [6.07, 6.45) is 0. The molecule has 0 saturated carbocycles. The van der Waals surface area contributed by atoms with Crippen LogP contribution in [0.25, 0.3) is 0 Å². The molecule has 4 nitrogen and oxygen atoms in total. The molecule has 0 amide bonds. The molecule has 6 heteroatoms. The van der Waals surface area contributed by atoms with Gasteiger partial charge in [0.1, 0.15) is 11.6 Å². The first kappa shape index (κ1) is 13.1. The number of oxime groups is 1. The topological polar surface area (TPSA) is 67.8 Å². The molecule has 0 aromatic heterocycles. The molecular weight excluding hydrogens is 295 g/mol. The Kier molecular flexibility index (Phi) is 4.89. The Morgan fingerprint density at radius 2 is 2.38 bits per heavy atom. The molecule has 1 unspecified atom stereocenters. The second-order valence-electron chi connectivity index (χ2n) is 3.31. The van der Waals surface area contributed by atoms with E-state index in [1.807, 2.05) is 6.07 Å². The van der Waals surface area contributed by atoms with Gasteiger partial charge in [-0.15, -0.1) is 0 Å². The van der Waals surface area contributed by atoms with Gasteiger partial charge in [0.2, 0.25) is 0 Å². The minimum atomic E-state index is -0.176. The van der Waals surface area contributed by atoms with E-state index in [0.717, 1.165) is 4.47 Å². The third kappa shape index (κ3) is 3.57.